The van der Waals surface area contributed by atoms with E-state index in [1.165, 1.54) is 5.56 Å². The molecule has 2 heterocycles. The number of nitrogens with zero attached hydrogens (tertiary/aromatic N) is 2. The molecule has 0 saturated heterocycles. The van der Waals surface area contributed by atoms with Gasteiger partial charge in [0.05, 0.1) is 0 Å². The average Bonchev–Trinajstić information content (AvgIpc) is 2.49. The molecule has 2 aromatic rings. The third-order valence-corrected chi connectivity index (χ3v) is 3.39. The van der Waals surface area contributed by atoms with Crippen LogP contribution in [-0.2, 0) is 11.2 Å². The molecule has 1 aliphatic rings. The molecule has 0 N–H and O–H groups in total. The van der Waals surface area contributed by atoms with Crippen LogP contribution >= 0.6 is 0 Å². The maximum absolute atomic E-state index is 12.3. The van der Waals surface area contributed by atoms with E-state index in [-0.39, 0.29) is 5.91 Å². The van der Waals surface area contributed by atoms with Crippen molar-refractivity contribution in [3.8, 4) is 5.75 Å². The fourth-order valence-electron chi connectivity index (χ4n) is 2.34. The number of fused-ring (bicyclic) bond motifs is 1. The second kappa shape index (κ2) is 5.33. The van der Waals surface area contributed by atoms with Crippen molar-refractivity contribution in [2.75, 3.05) is 11.4 Å². The third-order valence-electron chi connectivity index (χ3n) is 3.39. The summed E-state index contributed by atoms with van der Waals surface area (Å²) in [4.78, 5) is 18.3. The van der Waals surface area contributed by atoms with Gasteiger partial charge in [0, 0.05) is 12.7 Å². The molecular weight excluding hydrogens is 252 g/mol. The van der Waals surface area contributed by atoms with E-state index in [0.717, 1.165) is 6.42 Å². The molecule has 1 aliphatic heterocycles. The molecule has 0 fully saturated rings. The summed E-state index contributed by atoms with van der Waals surface area (Å²) in [5.74, 6) is 1.26. The van der Waals surface area contributed by atoms with Gasteiger partial charge in [-0.05, 0) is 31.0 Å². The lowest BCUT2D eigenvalue weighted by molar-refractivity contribution is -0.125. The fraction of sp³-hybridized carbons (Fsp3) is 0.250. The van der Waals surface area contributed by atoms with Crippen LogP contribution in [0.4, 0.5) is 5.82 Å². The molecule has 102 valence electrons. The average molecular weight is 268 g/mol. The summed E-state index contributed by atoms with van der Waals surface area (Å²) in [5.41, 5.74) is 1.21. The number of pyridine rings is 1. The molecular formula is C16H16N2O2. The molecule has 4 heteroatoms. The van der Waals surface area contributed by atoms with Crippen molar-refractivity contribution >= 4 is 11.7 Å². The summed E-state index contributed by atoms with van der Waals surface area (Å²) in [6, 6.07) is 13.8. The van der Waals surface area contributed by atoms with Crippen LogP contribution in [0.1, 0.15) is 12.5 Å². The molecule has 0 spiro atoms. The summed E-state index contributed by atoms with van der Waals surface area (Å²) in [5, 5.41) is 0. The second-order valence-electron chi connectivity index (χ2n) is 4.81. The van der Waals surface area contributed by atoms with Crippen LogP contribution in [0.15, 0.2) is 48.7 Å². The first-order chi connectivity index (χ1) is 9.75. The van der Waals surface area contributed by atoms with E-state index in [4.69, 9.17) is 4.74 Å². The SMILES string of the molecule is CC1Oc2cccnc2N(CCc2ccccc2)C1=O. The smallest absolute Gasteiger partial charge is 0.269 e. The number of carbonyl (C=O) groups excluding carboxylic acids is 1. The van der Waals surface area contributed by atoms with Crippen molar-refractivity contribution in [3.63, 3.8) is 0 Å². The van der Waals surface area contributed by atoms with Crippen LogP contribution in [0.5, 0.6) is 5.75 Å². The maximum Gasteiger partial charge on any atom is 0.269 e. The van der Waals surface area contributed by atoms with Gasteiger partial charge in [0.1, 0.15) is 0 Å². The first-order valence-electron chi connectivity index (χ1n) is 6.72. The minimum absolute atomic E-state index is 0.0351. The van der Waals surface area contributed by atoms with E-state index in [0.29, 0.717) is 18.1 Å². The molecule has 0 saturated carbocycles. The van der Waals surface area contributed by atoms with Gasteiger partial charge in [-0.3, -0.25) is 9.69 Å². The number of anilines is 1. The van der Waals surface area contributed by atoms with Gasteiger partial charge in [0.15, 0.2) is 17.7 Å². The predicted octanol–water partition coefficient (Wildman–Crippen LogP) is 2.44. The fourth-order valence-corrected chi connectivity index (χ4v) is 2.34. The molecule has 1 aromatic carbocycles. The number of benzene rings is 1. The van der Waals surface area contributed by atoms with Gasteiger partial charge >= 0.3 is 0 Å². The van der Waals surface area contributed by atoms with Gasteiger partial charge in [0.2, 0.25) is 0 Å². The number of hydrogen-bond donors (Lipinski definition) is 0. The number of aromatic nitrogens is 1. The summed E-state index contributed by atoms with van der Waals surface area (Å²) in [7, 11) is 0. The van der Waals surface area contributed by atoms with E-state index in [2.05, 4.69) is 17.1 Å². The Hall–Kier alpha value is -2.36. The Morgan fingerprint density at radius 2 is 2.00 bits per heavy atom. The Kier molecular flexibility index (Phi) is 3.37. The lowest BCUT2D eigenvalue weighted by atomic mass is 10.1. The standard InChI is InChI=1S/C16H16N2O2/c1-12-16(19)18(11-9-13-6-3-2-4-7-13)15-14(20-12)8-5-10-17-15/h2-8,10,12H,9,11H2,1H3. The summed E-state index contributed by atoms with van der Waals surface area (Å²) < 4.78 is 5.57. The van der Waals surface area contributed by atoms with Gasteiger partial charge in [0.25, 0.3) is 5.91 Å². The number of hydrogen-bond acceptors (Lipinski definition) is 3. The highest BCUT2D eigenvalue weighted by Gasteiger charge is 2.31. The quantitative estimate of drug-likeness (QED) is 0.858. The minimum Gasteiger partial charge on any atom is -0.477 e. The van der Waals surface area contributed by atoms with E-state index in [9.17, 15) is 4.79 Å². The largest absolute Gasteiger partial charge is 0.477 e. The summed E-state index contributed by atoms with van der Waals surface area (Å²) in [6.45, 7) is 2.38. The van der Waals surface area contributed by atoms with Gasteiger partial charge < -0.3 is 4.74 Å². The molecule has 0 aliphatic carbocycles. The first-order valence-corrected chi connectivity index (χ1v) is 6.72. The molecule has 1 unspecified atom stereocenters. The highest BCUT2D eigenvalue weighted by Crippen LogP contribution is 2.31. The zero-order chi connectivity index (χ0) is 13.9. The first kappa shape index (κ1) is 12.7. The van der Waals surface area contributed by atoms with Gasteiger partial charge in [-0.15, -0.1) is 0 Å². The van der Waals surface area contributed by atoms with Crippen molar-refractivity contribution in [2.24, 2.45) is 0 Å². The number of ether oxygens (including phenoxy) is 1. The van der Waals surface area contributed by atoms with Gasteiger partial charge in [-0.1, -0.05) is 30.3 Å². The molecule has 20 heavy (non-hydrogen) atoms. The van der Waals surface area contributed by atoms with E-state index < -0.39 is 6.10 Å². The van der Waals surface area contributed by atoms with E-state index >= 15 is 0 Å². The van der Waals surface area contributed by atoms with Crippen molar-refractivity contribution < 1.29 is 9.53 Å². The van der Waals surface area contributed by atoms with Crippen LogP contribution in [0, 0.1) is 0 Å². The van der Waals surface area contributed by atoms with Crippen molar-refractivity contribution in [1.29, 1.82) is 0 Å². The Balaban J connectivity index is 1.82. The number of carbonyl (C=O) groups is 1. The monoisotopic (exact) mass is 268 g/mol. The Bertz CT molecular complexity index is 613. The summed E-state index contributed by atoms with van der Waals surface area (Å²) in [6.07, 6.45) is 2.03. The lowest BCUT2D eigenvalue weighted by Crippen LogP contribution is -2.45. The Morgan fingerprint density at radius 1 is 1.20 bits per heavy atom. The zero-order valence-corrected chi connectivity index (χ0v) is 11.3. The van der Waals surface area contributed by atoms with Gasteiger partial charge in [-0.2, -0.15) is 0 Å². The third kappa shape index (κ3) is 2.37. The Morgan fingerprint density at radius 3 is 2.80 bits per heavy atom. The van der Waals surface area contributed by atoms with E-state index in [1.807, 2.05) is 30.3 Å². The molecule has 1 amide bonds. The highest BCUT2D eigenvalue weighted by atomic mass is 16.5. The van der Waals surface area contributed by atoms with Crippen molar-refractivity contribution in [3.05, 3.63) is 54.2 Å². The highest BCUT2D eigenvalue weighted by molar-refractivity contribution is 5.98. The summed E-state index contributed by atoms with van der Waals surface area (Å²) >= 11 is 0. The molecule has 1 atom stereocenters. The molecule has 4 nitrogen and oxygen atoms in total. The molecule has 1 aromatic heterocycles. The van der Waals surface area contributed by atoms with Crippen molar-refractivity contribution in [2.45, 2.75) is 19.4 Å². The predicted molar refractivity (Wildman–Crippen MR) is 76.8 cm³/mol. The lowest BCUT2D eigenvalue weighted by Gasteiger charge is -2.31. The normalized spacial score (nSPS) is 17.6. The molecule has 3 rings (SSSR count). The number of rotatable bonds is 3. The van der Waals surface area contributed by atoms with Crippen LogP contribution in [0.2, 0.25) is 0 Å². The Labute approximate surface area is 118 Å². The maximum atomic E-state index is 12.3. The van der Waals surface area contributed by atoms with Crippen LogP contribution in [0.25, 0.3) is 0 Å². The molecule has 0 radical (unpaired) electrons. The number of amides is 1. The zero-order valence-electron chi connectivity index (χ0n) is 11.3. The van der Waals surface area contributed by atoms with Crippen LogP contribution in [-0.4, -0.2) is 23.5 Å². The van der Waals surface area contributed by atoms with Crippen LogP contribution < -0.4 is 9.64 Å². The second-order valence-corrected chi connectivity index (χ2v) is 4.81. The minimum atomic E-state index is -0.456. The molecule has 0 bridgehead atoms. The van der Waals surface area contributed by atoms with Crippen molar-refractivity contribution in [1.82, 2.24) is 4.98 Å². The van der Waals surface area contributed by atoms with Crippen LogP contribution in [0.3, 0.4) is 0 Å². The van der Waals surface area contributed by atoms with Gasteiger partial charge in [-0.25, -0.2) is 4.98 Å². The topological polar surface area (TPSA) is 42.4 Å². The van der Waals surface area contributed by atoms with E-state index in [1.54, 1.807) is 18.0 Å².